The number of ether oxygens (including phenoxy) is 3. The van der Waals surface area contributed by atoms with Gasteiger partial charge in [0.25, 0.3) is 5.91 Å². The molecule has 1 aliphatic heterocycles. The fourth-order valence-electron chi connectivity index (χ4n) is 3.83. The second kappa shape index (κ2) is 10.9. The molecule has 1 saturated heterocycles. The van der Waals surface area contributed by atoms with E-state index >= 15 is 0 Å². The molecule has 1 fully saturated rings. The first-order valence-electron chi connectivity index (χ1n) is 10.9. The van der Waals surface area contributed by atoms with Crippen LogP contribution >= 0.6 is 0 Å². The molecule has 2 aromatic carbocycles. The number of rotatable bonds is 10. The molecule has 1 amide bonds. The van der Waals surface area contributed by atoms with Gasteiger partial charge in [-0.1, -0.05) is 36.6 Å². The third kappa shape index (κ3) is 5.07. The zero-order valence-corrected chi connectivity index (χ0v) is 19.9. The van der Waals surface area contributed by atoms with E-state index in [4.69, 9.17) is 14.2 Å². The summed E-state index contributed by atoms with van der Waals surface area (Å²) in [6.07, 6.45) is 1.62. The van der Waals surface area contributed by atoms with E-state index in [1.165, 1.54) is 19.1 Å². The largest absolute Gasteiger partial charge is 0.872 e. The molecular weight excluding hydrogens is 436 g/mol. The fraction of sp³-hybridized carbons (Fsp3) is 0.308. The van der Waals surface area contributed by atoms with Gasteiger partial charge < -0.3 is 29.1 Å². The highest BCUT2D eigenvalue weighted by atomic mass is 16.5. The molecule has 0 bridgehead atoms. The normalized spacial score (nSPS) is 17.2. The molecule has 8 heteroatoms. The third-order valence-electron chi connectivity index (χ3n) is 5.59. The molecule has 1 N–H and O–H groups in total. The lowest BCUT2D eigenvalue weighted by atomic mass is 9.95. The highest BCUT2D eigenvalue weighted by Crippen LogP contribution is 2.41. The van der Waals surface area contributed by atoms with Gasteiger partial charge in [0.1, 0.15) is 12.4 Å². The zero-order chi connectivity index (χ0) is 24.8. The van der Waals surface area contributed by atoms with Crippen LogP contribution in [0.25, 0.3) is 5.76 Å². The quantitative estimate of drug-likeness (QED) is 0.239. The van der Waals surface area contributed by atoms with E-state index in [2.05, 4.69) is 6.58 Å². The van der Waals surface area contributed by atoms with Gasteiger partial charge in [0.15, 0.2) is 11.5 Å². The first-order chi connectivity index (χ1) is 16.3. The van der Waals surface area contributed by atoms with Gasteiger partial charge in [0.05, 0.1) is 47.4 Å². The van der Waals surface area contributed by atoms with Gasteiger partial charge in [0.2, 0.25) is 5.78 Å². The van der Waals surface area contributed by atoms with Crippen molar-refractivity contribution in [3.63, 3.8) is 0 Å². The molecule has 3 rings (SSSR count). The van der Waals surface area contributed by atoms with Crippen molar-refractivity contribution in [1.29, 1.82) is 0 Å². The number of nitrogens with zero attached hydrogens (tertiary/aromatic N) is 1. The first kappa shape index (κ1) is 24.9. The van der Waals surface area contributed by atoms with Crippen molar-refractivity contribution in [3.05, 3.63) is 71.8 Å². The van der Waals surface area contributed by atoms with Crippen molar-refractivity contribution in [1.82, 2.24) is 4.90 Å². The van der Waals surface area contributed by atoms with Crippen LogP contribution in [0, 0.1) is 0 Å². The molecule has 0 aromatic heterocycles. The summed E-state index contributed by atoms with van der Waals surface area (Å²) in [6.45, 7) is 4.87. The van der Waals surface area contributed by atoms with Crippen LogP contribution in [0.1, 0.15) is 17.2 Å². The summed E-state index contributed by atoms with van der Waals surface area (Å²) < 4.78 is 16.2. The summed E-state index contributed by atoms with van der Waals surface area (Å²) in [6, 6.07) is 10.8. The first-order valence-corrected chi connectivity index (χ1v) is 10.9. The maximum atomic E-state index is 13.5. The highest BCUT2D eigenvalue weighted by molar-refractivity contribution is 6.46. The Bertz CT molecular complexity index is 1090. The van der Waals surface area contributed by atoms with Crippen molar-refractivity contribution < 1.29 is 33.8 Å². The van der Waals surface area contributed by atoms with Crippen LogP contribution in [-0.2, 0) is 9.59 Å². The Morgan fingerprint density at radius 3 is 2.35 bits per heavy atom. The average Bonchev–Trinajstić information content (AvgIpc) is 3.10. The van der Waals surface area contributed by atoms with Crippen LogP contribution < -0.4 is 24.2 Å². The summed E-state index contributed by atoms with van der Waals surface area (Å²) in [5, 5.41) is 13.5. The van der Waals surface area contributed by atoms with E-state index in [9.17, 15) is 14.7 Å². The Labute approximate surface area is 199 Å². The molecule has 8 nitrogen and oxygen atoms in total. The van der Waals surface area contributed by atoms with E-state index in [0.29, 0.717) is 48.1 Å². The van der Waals surface area contributed by atoms with Crippen LogP contribution in [0.4, 0.5) is 0 Å². The van der Waals surface area contributed by atoms with Crippen molar-refractivity contribution >= 4 is 17.4 Å². The summed E-state index contributed by atoms with van der Waals surface area (Å²) in [4.78, 5) is 28.7. The van der Waals surface area contributed by atoms with Gasteiger partial charge in [-0.3, -0.25) is 9.59 Å². The predicted octanol–water partition coefficient (Wildman–Crippen LogP) is 0.637. The number of quaternary nitrogens is 1. The minimum Gasteiger partial charge on any atom is -0.872 e. The number of likely N-dealkylation sites (tertiary alicyclic amines) is 1. The highest BCUT2D eigenvalue weighted by Gasteiger charge is 2.44. The van der Waals surface area contributed by atoms with E-state index in [1.807, 2.05) is 14.1 Å². The molecule has 1 atom stereocenters. The second-order valence-corrected chi connectivity index (χ2v) is 8.17. The van der Waals surface area contributed by atoms with Gasteiger partial charge >= 0.3 is 0 Å². The summed E-state index contributed by atoms with van der Waals surface area (Å²) in [7, 11) is 6.94. The molecule has 34 heavy (non-hydrogen) atoms. The van der Waals surface area contributed by atoms with Crippen LogP contribution in [0.5, 0.6) is 17.2 Å². The lowest BCUT2D eigenvalue weighted by Gasteiger charge is -2.28. The summed E-state index contributed by atoms with van der Waals surface area (Å²) in [5.74, 6) is -0.439. The standard InChI is InChI=1S/C26H30N2O6/c1-6-15-34-19-10-7-17(8-11-19)24(29)22-23(18-9-12-20(32-4)21(16-18)33-5)28(14-13-27(2)3)26(31)25(22)30/h6-12,16,23,29H,1,13-15H2,2-5H3. The number of amides is 1. The monoisotopic (exact) mass is 466 g/mol. The summed E-state index contributed by atoms with van der Waals surface area (Å²) in [5.41, 5.74) is 0.818. The fourth-order valence-corrected chi connectivity index (χ4v) is 3.83. The molecule has 1 aliphatic rings. The number of carbonyl (C=O) groups is 2. The van der Waals surface area contributed by atoms with Crippen molar-refractivity contribution in [3.8, 4) is 17.2 Å². The zero-order valence-electron chi connectivity index (χ0n) is 19.9. The van der Waals surface area contributed by atoms with Gasteiger partial charge in [0, 0.05) is 5.57 Å². The maximum absolute atomic E-state index is 13.5. The number of Topliss-reactive ketones (excluding diaryl/α,β-unsaturated/α-hetero) is 1. The topological polar surface area (TPSA) is 92.6 Å². The van der Waals surface area contributed by atoms with Gasteiger partial charge in [-0.05, 0) is 35.4 Å². The molecular formula is C26H30N2O6. The molecule has 2 aromatic rings. The molecule has 0 aliphatic carbocycles. The van der Waals surface area contributed by atoms with E-state index in [0.717, 1.165) is 4.90 Å². The number of ketones is 1. The summed E-state index contributed by atoms with van der Waals surface area (Å²) >= 11 is 0. The van der Waals surface area contributed by atoms with Crippen molar-refractivity contribution in [2.75, 3.05) is 48.0 Å². The lowest BCUT2D eigenvalue weighted by Crippen LogP contribution is -3.06. The average molecular weight is 467 g/mol. The number of nitrogens with one attached hydrogen (secondary N) is 1. The molecule has 180 valence electrons. The van der Waals surface area contributed by atoms with Crippen LogP contribution in [0.3, 0.4) is 0 Å². The van der Waals surface area contributed by atoms with E-state index in [-0.39, 0.29) is 5.57 Å². The number of methoxy groups -OCH3 is 2. The molecule has 0 saturated carbocycles. The second-order valence-electron chi connectivity index (χ2n) is 8.17. The lowest BCUT2D eigenvalue weighted by molar-refractivity contribution is -0.857. The number of likely N-dealkylation sites (N-methyl/N-ethyl adjacent to an activating group) is 1. The van der Waals surface area contributed by atoms with Crippen LogP contribution in [-0.4, -0.2) is 64.6 Å². The Morgan fingerprint density at radius 2 is 1.76 bits per heavy atom. The SMILES string of the molecule is C=CCOc1ccc(C([O-])=C2C(=O)C(=O)N(CC[NH+](C)C)C2c2ccc(OC)c(OC)c2)cc1. The van der Waals surface area contributed by atoms with E-state index < -0.39 is 23.5 Å². The number of benzene rings is 2. The smallest absolute Gasteiger partial charge is 0.295 e. The third-order valence-corrected chi connectivity index (χ3v) is 5.59. The maximum Gasteiger partial charge on any atom is 0.295 e. The molecule has 1 unspecified atom stereocenters. The minimum absolute atomic E-state index is 0.0780. The number of hydrogen-bond acceptors (Lipinski definition) is 6. The minimum atomic E-state index is -0.830. The van der Waals surface area contributed by atoms with E-state index in [1.54, 1.807) is 48.5 Å². The Hall–Kier alpha value is -3.78. The van der Waals surface area contributed by atoms with Crippen molar-refractivity contribution in [2.45, 2.75) is 6.04 Å². The molecule has 1 heterocycles. The number of carbonyl (C=O) groups excluding carboxylic acids is 2. The van der Waals surface area contributed by atoms with Gasteiger partial charge in [-0.15, -0.1) is 0 Å². The Morgan fingerprint density at radius 1 is 1.09 bits per heavy atom. The van der Waals surface area contributed by atoms with Gasteiger partial charge in [-0.2, -0.15) is 0 Å². The van der Waals surface area contributed by atoms with Crippen molar-refractivity contribution in [2.24, 2.45) is 0 Å². The van der Waals surface area contributed by atoms with Gasteiger partial charge in [-0.25, -0.2) is 0 Å². The Balaban J connectivity index is 2.11. The van der Waals surface area contributed by atoms with Crippen LogP contribution in [0.2, 0.25) is 0 Å². The molecule has 0 spiro atoms. The number of hydrogen-bond donors (Lipinski definition) is 1. The molecule has 0 radical (unpaired) electrons. The Kier molecular flexibility index (Phi) is 7.96. The van der Waals surface area contributed by atoms with Crippen LogP contribution in [0.15, 0.2) is 60.7 Å². The predicted molar refractivity (Wildman–Crippen MR) is 126 cm³/mol.